The highest BCUT2D eigenvalue weighted by atomic mass is 19.4. The molecule has 0 aliphatic heterocycles. The lowest BCUT2D eigenvalue weighted by atomic mass is 9.93. The molecule has 0 amide bonds. The van der Waals surface area contributed by atoms with Crippen LogP contribution in [0.4, 0.5) is 26.3 Å². The first-order valence-electron chi connectivity index (χ1n) is 5.30. The molecule has 1 aromatic rings. The summed E-state index contributed by atoms with van der Waals surface area (Å²) in [5, 5.41) is 0. The number of carbonyl (C=O) groups excluding carboxylic acids is 1. The maximum atomic E-state index is 12.8. The van der Waals surface area contributed by atoms with E-state index >= 15 is 0 Å². The molecule has 0 saturated heterocycles. The summed E-state index contributed by atoms with van der Waals surface area (Å²) in [5.74, 6) is -1.05. The molecule has 1 rings (SSSR count). The van der Waals surface area contributed by atoms with E-state index in [1.54, 1.807) is 0 Å². The van der Waals surface area contributed by atoms with Crippen molar-refractivity contribution in [2.24, 2.45) is 0 Å². The van der Waals surface area contributed by atoms with Gasteiger partial charge in [0, 0.05) is 5.56 Å². The quantitative estimate of drug-likeness (QED) is 0.577. The molecule has 1 aromatic carbocycles. The number of benzene rings is 1. The number of hydrogen-bond donors (Lipinski definition) is 0. The average molecular weight is 284 g/mol. The van der Waals surface area contributed by atoms with Crippen molar-refractivity contribution in [1.82, 2.24) is 0 Å². The topological polar surface area (TPSA) is 17.1 Å². The van der Waals surface area contributed by atoms with Crippen LogP contribution in [0.5, 0.6) is 0 Å². The van der Waals surface area contributed by atoms with Gasteiger partial charge in [-0.3, -0.25) is 4.79 Å². The Hall–Kier alpha value is -1.53. The van der Waals surface area contributed by atoms with Gasteiger partial charge in [-0.15, -0.1) is 0 Å². The van der Waals surface area contributed by atoms with Crippen LogP contribution in [0.25, 0.3) is 0 Å². The van der Waals surface area contributed by atoms with E-state index in [0.717, 1.165) is 13.0 Å². The fourth-order valence-corrected chi connectivity index (χ4v) is 1.71. The number of ketones is 1. The molecule has 0 saturated carbocycles. The van der Waals surface area contributed by atoms with Crippen molar-refractivity contribution in [1.29, 1.82) is 0 Å². The standard InChI is InChI=1S/C12H10F6O/c1-3-7-4-8(6(2)19)10(12(16,17)18)9(5-7)11(13,14)15/h4-5H,3H2,1-2H3. The summed E-state index contributed by atoms with van der Waals surface area (Å²) in [4.78, 5) is 11.2. The van der Waals surface area contributed by atoms with Crippen LogP contribution in [-0.4, -0.2) is 5.78 Å². The second-order valence-corrected chi connectivity index (χ2v) is 3.97. The lowest BCUT2D eigenvalue weighted by Gasteiger charge is -2.19. The summed E-state index contributed by atoms with van der Waals surface area (Å²) in [6.07, 6.45) is -10.3. The summed E-state index contributed by atoms with van der Waals surface area (Å²) in [7, 11) is 0. The van der Waals surface area contributed by atoms with Gasteiger partial charge in [0.15, 0.2) is 5.78 Å². The second kappa shape index (κ2) is 4.86. The Kier molecular flexibility index (Phi) is 3.97. The highest BCUT2D eigenvalue weighted by Gasteiger charge is 2.45. The second-order valence-electron chi connectivity index (χ2n) is 3.97. The zero-order valence-corrected chi connectivity index (χ0v) is 10.0. The minimum Gasteiger partial charge on any atom is -0.294 e. The molecule has 7 heteroatoms. The summed E-state index contributed by atoms with van der Waals surface area (Å²) >= 11 is 0. The van der Waals surface area contributed by atoms with Crippen LogP contribution in [0.1, 0.15) is 40.9 Å². The normalized spacial score (nSPS) is 12.6. The number of halogens is 6. The predicted molar refractivity (Wildman–Crippen MR) is 55.8 cm³/mol. The van der Waals surface area contributed by atoms with Gasteiger partial charge in [0.25, 0.3) is 0 Å². The van der Waals surface area contributed by atoms with Crippen LogP contribution in [-0.2, 0) is 18.8 Å². The van der Waals surface area contributed by atoms with E-state index < -0.39 is 34.8 Å². The molecule has 0 unspecified atom stereocenters. The Balaban J connectivity index is 3.77. The molecule has 0 bridgehead atoms. The van der Waals surface area contributed by atoms with Gasteiger partial charge in [-0.1, -0.05) is 6.92 Å². The van der Waals surface area contributed by atoms with Crippen molar-refractivity contribution in [3.63, 3.8) is 0 Å². The molecule has 106 valence electrons. The maximum absolute atomic E-state index is 12.8. The van der Waals surface area contributed by atoms with Gasteiger partial charge in [-0.25, -0.2) is 0 Å². The van der Waals surface area contributed by atoms with Gasteiger partial charge in [0.1, 0.15) is 0 Å². The number of rotatable bonds is 2. The van der Waals surface area contributed by atoms with Crippen LogP contribution in [0.2, 0.25) is 0 Å². The van der Waals surface area contributed by atoms with Crippen molar-refractivity contribution in [3.05, 3.63) is 34.4 Å². The number of Topliss-reactive ketones (excluding diaryl/α,β-unsaturated/α-hetero) is 1. The molecular weight excluding hydrogens is 274 g/mol. The Bertz CT molecular complexity index is 498. The van der Waals surface area contributed by atoms with Gasteiger partial charge in [-0.2, -0.15) is 26.3 Å². The van der Waals surface area contributed by atoms with Crippen molar-refractivity contribution < 1.29 is 31.1 Å². The Labute approximate surface area is 105 Å². The predicted octanol–water partition coefficient (Wildman–Crippen LogP) is 4.49. The SMILES string of the molecule is CCc1cc(C(C)=O)c(C(F)(F)F)c(C(F)(F)F)c1. The Morgan fingerprint density at radius 3 is 1.89 bits per heavy atom. The third kappa shape index (κ3) is 3.27. The van der Waals surface area contributed by atoms with Crippen molar-refractivity contribution in [2.75, 3.05) is 0 Å². The molecule has 0 atom stereocenters. The molecule has 0 radical (unpaired) electrons. The molecule has 0 spiro atoms. The molecule has 0 aromatic heterocycles. The van der Waals surface area contributed by atoms with Gasteiger partial charge < -0.3 is 0 Å². The fourth-order valence-electron chi connectivity index (χ4n) is 1.71. The van der Waals surface area contributed by atoms with Gasteiger partial charge in [0.05, 0.1) is 11.1 Å². The summed E-state index contributed by atoms with van der Waals surface area (Å²) in [6.45, 7) is 2.30. The monoisotopic (exact) mass is 284 g/mol. The van der Waals surface area contributed by atoms with Crippen molar-refractivity contribution in [2.45, 2.75) is 32.6 Å². The molecule has 0 fully saturated rings. The average Bonchev–Trinajstić information content (AvgIpc) is 2.24. The van der Waals surface area contributed by atoms with Gasteiger partial charge >= 0.3 is 12.4 Å². The molecular formula is C12H10F6O. The first-order valence-corrected chi connectivity index (χ1v) is 5.30. The van der Waals surface area contributed by atoms with E-state index in [1.165, 1.54) is 6.92 Å². The smallest absolute Gasteiger partial charge is 0.294 e. The van der Waals surface area contributed by atoms with E-state index in [0.29, 0.717) is 6.07 Å². The lowest BCUT2D eigenvalue weighted by molar-refractivity contribution is -0.162. The zero-order chi connectivity index (χ0) is 15.0. The zero-order valence-electron chi connectivity index (χ0n) is 10.0. The van der Waals surface area contributed by atoms with E-state index in [-0.39, 0.29) is 12.0 Å². The van der Waals surface area contributed by atoms with Crippen LogP contribution in [0.3, 0.4) is 0 Å². The minimum absolute atomic E-state index is 0.0329. The van der Waals surface area contributed by atoms with Gasteiger partial charge in [-0.05, 0) is 31.0 Å². The number of carbonyl (C=O) groups is 1. The van der Waals surface area contributed by atoms with Crippen LogP contribution in [0, 0.1) is 0 Å². The molecule has 0 aliphatic carbocycles. The highest BCUT2D eigenvalue weighted by molar-refractivity contribution is 5.96. The van der Waals surface area contributed by atoms with Crippen LogP contribution < -0.4 is 0 Å². The third-order valence-electron chi connectivity index (χ3n) is 2.57. The van der Waals surface area contributed by atoms with Gasteiger partial charge in [0.2, 0.25) is 0 Å². The molecule has 0 N–H and O–H groups in total. The first-order chi connectivity index (χ1) is 8.48. The lowest BCUT2D eigenvalue weighted by Crippen LogP contribution is -2.21. The molecule has 0 heterocycles. The molecule has 19 heavy (non-hydrogen) atoms. The van der Waals surface area contributed by atoms with E-state index in [1.807, 2.05) is 0 Å². The summed E-state index contributed by atoms with van der Waals surface area (Å²) < 4.78 is 76.5. The number of alkyl halides is 6. The highest BCUT2D eigenvalue weighted by Crippen LogP contribution is 2.42. The largest absolute Gasteiger partial charge is 0.417 e. The van der Waals surface area contributed by atoms with Crippen molar-refractivity contribution in [3.8, 4) is 0 Å². The fraction of sp³-hybridized carbons (Fsp3) is 0.417. The number of aryl methyl sites for hydroxylation is 1. The van der Waals surface area contributed by atoms with Crippen LogP contribution >= 0.6 is 0 Å². The minimum atomic E-state index is -5.24. The van der Waals surface area contributed by atoms with E-state index in [4.69, 9.17) is 0 Å². The van der Waals surface area contributed by atoms with Crippen molar-refractivity contribution >= 4 is 5.78 Å². The Morgan fingerprint density at radius 1 is 1.05 bits per heavy atom. The summed E-state index contributed by atoms with van der Waals surface area (Å²) in [6, 6.07) is 1.30. The Morgan fingerprint density at radius 2 is 1.58 bits per heavy atom. The first kappa shape index (κ1) is 15.5. The third-order valence-corrected chi connectivity index (χ3v) is 2.57. The summed E-state index contributed by atoms with van der Waals surface area (Å²) in [5.41, 5.74) is -4.64. The van der Waals surface area contributed by atoms with Crippen LogP contribution in [0.15, 0.2) is 12.1 Å². The van der Waals surface area contributed by atoms with E-state index in [9.17, 15) is 31.1 Å². The maximum Gasteiger partial charge on any atom is 0.417 e. The molecule has 0 aliphatic rings. The molecule has 1 nitrogen and oxygen atoms in total. The number of hydrogen-bond acceptors (Lipinski definition) is 1. The van der Waals surface area contributed by atoms with E-state index in [2.05, 4.69) is 0 Å².